The maximum absolute atomic E-state index is 11.7. The predicted octanol–water partition coefficient (Wildman–Crippen LogP) is 2.30. The molecule has 6 nitrogen and oxygen atoms in total. The number of rotatable bonds is 9. The van der Waals surface area contributed by atoms with E-state index in [0.717, 1.165) is 5.75 Å². The molecule has 1 atom stereocenters. The third-order valence-corrected chi connectivity index (χ3v) is 3.12. The van der Waals surface area contributed by atoms with Gasteiger partial charge in [0.1, 0.15) is 23.4 Å². The number of furan rings is 1. The van der Waals surface area contributed by atoms with Crippen molar-refractivity contribution < 1.29 is 23.8 Å². The van der Waals surface area contributed by atoms with E-state index in [4.69, 9.17) is 13.9 Å². The number of aliphatic hydroxyl groups excluding tert-OH is 1. The number of hydrogen-bond acceptors (Lipinski definition) is 5. The van der Waals surface area contributed by atoms with Gasteiger partial charge in [-0.15, -0.1) is 0 Å². The van der Waals surface area contributed by atoms with Gasteiger partial charge in [0.15, 0.2) is 6.61 Å². The summed E-state index contributed by atoms with van der Waals surface area (Å²) in [5.74, 6) is 1.60. The minimum Gasteiger partial charge on any atom is -0.494 e. The quantitative estimate of drug-likeness (QED) is 0.741. The Morgan fingerprint density at radius 3 is 2.52 bits per heavy atom. The van der Waals surface area contributed by atoms with Crippen molar-refractivity contribution in [2.75, 3.05) is 19.8 Å². The van der Waals surface area contributed by atoms with E-state index in [1.54, 1.807) is 36.4 Å². The number of nitrogens with one attached hydrogen (secondary N) is 1. The van der Waals surface area contributed by atoms with Gasteiger partial charge in [-0.3, -0.25) is 4.79 Å². The maximum atomic E-state index is 11.7. The largest absolute Gasteiger partial charge is 0.494 e. The van der Waals surface area contributed by atoms with Crippen LogP contribution in [-0.2, 0) is 4.79 Å². The summed E-state index contributed by atoms with van der Waals surface area (Å²) in [7, 11) is 0. The number of carbonyl (C=O) groups excluding carboxylic acids is 1. The SMILES string of the molecule is CCOc1ccc(OCC(=O)NCCC(O)c2ccco2)cc1. The van der Waals surface area contributed by atoms with Crippen LogP contribution in [0.4, 0.5) is 0 Å². The average Bonchev–Trinajstić information content (AvgIpc) is 3.09. The summed E-state index contributed by atoms with van der Waals surface area (Å²) in [6.45, 7) is 2.78. The first-order chi connectivity index (χ1) is 11.2. The molecule has 2 N–H and O–H groups in total. The highest BCUT2D eigenvalue weighted by Crippen LogP contribution is 2.17. The van der Waals surface area contributed by atoms with Crippen LogP contribution in [0.25, 0.3) is 0 Å². The van der Waals surface area contributed by atoms with Crippen LogP contribution in [0, 0.1) is 0 Å². The molecule has 124 valence electrons. The van der Waals surface area contributed by atoms with Crippen molar-refractivity contribution in [1.29, 1.82) is 0 Å². The van der Waals surface area contributed by atoms with Crippen LogP contribution in [0.15, 0.2) is 47.1 Å². The van der Waals surface area contributed by atoms with Crippen LogP contribution in [0.5, 0.6) is 11.5 Å². The summed E-state index contributed by atoms with van der Waals surface area (Å²) in [6.07, 6.45) is 1.15. The summed E-state index contributed by atoms with van der Waals surface area (Å²) in [5.41, 5.74) is 0. The molecule has 0 radical (unpaired) electrons. The molecule has 1 amide bonds. The molecule has 23 heavy (non-hydrogen) atoms. The lowest BCUT2D eigenvalue weighted by Gasteiger charge is -2.10. The molecular formula is C17H21NO5. The molecule has 1 heterocycles. The number of amides is 1. The van der Waals surface area contributed by atoms with Crippen LogP contribution in [0.3, 0.4) is 0 Å². The molecule has 1 unspecified atom stereocenters. The molecule has 0 aliphatic heterocycles. The first kappa shape index (κ1) is 16.9. The Morgan fingerprint density at radius 2 is 1.91 bits per heavy atom. The van der Waals surface area contributed by atoms with Gasteiger partial charge in [0.05, 0.1) is 12.9 Å². The third-order valence-electron chi connectivity index (χ3n) is 3.12. The molecule has 0 bridgehead atoms. The Bertz CT molecular complexity index is 580. The highest BCUT2D eigenvalue weighted by Gasteiger charge is 2.10. The Kier molecular flexibility index (Phi) is 6.50. The maximum Gasteiger partial charge on any atom is 0.257 e. The van der Waals surface area contributed by atoms with Crippen molar-refractivity contribution in [1.82, 2.24) is 5.32 Å². The van der Waals surface area contributed by atoms with Crippen molar-refractivity contribution in [3.63, 3.8) is 0 Å². The van der Waals surface area contributed by atoms with Gasteiger partial charge < -0.3 is 24.3 Å². The number of ether oxygens (including phenoxy) is 2. The summed E-state index contributed by atoms with van der Waals surface area (Å²) in [4.78, 5) is 11.7. The van der Waals surface area contributed by atoms with Gasteiger partial charge in [-0.25, -0.2) is 0 Å². The van der Waals surface area contributed by atoms with Crippen LogP contribution >= 0.6 is 0 Å². The Hall–Kier alpha value is -2.47. The summed E-state index contributed by atoms with van der Waals surface area (Å²) >= 11 is 0. The number of benzene rings is 1. The minimum atomic E-state index is -0.725. The molecule has 1 aromatic carbocycles. The number of carbonyl (C=O) groups is 1. The zero-order valence-electron chi connectivity index (χ0n) is 13.0. The van der Waals surface area contributed by atoms with Crippen molar-refractivity contribution in [2.24, 2.45) is 0 Å². The zero-order chi connectivity index (χ0) is 16.5. The normalized spacial score (nSPS) is 11.7. The van der Waals surface area contributed by atoms with Gasteiger partial charge >= 0.3 is 0 Å². The van der Waals surface area contributed by atoms with E-state index in [9.17, 15) is 9.90 Å². The monoisotopic (exact) mass is 319 g/mol. The van der Waals surface area contributed by atoms with Crippen molar-refractivity contribution in [2.45, 2.75) is 19.4 Å². The topological polar surface area (TPSA) is 80.9 Å². The lowest BCUT2D eigenvalue weighted by Crippen LogP contribution is -2.30. The summed E-state index contributed by atoms with van der Waals surface area (Å²) < 4.78 is 15.8. The fourth-order valence-electron chi connectivity index (χ4n) is 1.97. The van der Waals surface area contributed by atoms with E-state index >= 15 is 0 Å². The highest BCUT2D eigenvalue weighted by atomic mass is 16.5. The second-order valence-corrected chi connectivity index (χ2v) is 4.86. The minimum absolute atomic E-state index is 0.0785. The van der Waals surface area contributed by atoms with Gasteiger partial charge in [-0.05, 0) is 49.7 Å². The number of aliphatic hydroxyl groups is 1. The molecule has 2 aromatic rings. The molecule has 0 aliphatic rings. The standard InChI is InChI=1S/C17H21NO5/c1-2-21-13-5-7-14(8-6-13)23-12-17(20)18-10-9-15(19)16-4-3-11-22-16/h3-8,11,15,19H,2,9-10,12H2,1H3,(H,18,20). The Balaban J connectivity index is 1.64. The average molecular weight is 319 g/mol. The molecule has 0 saturated heterocycles. The van der Waals surface area contributed by atoms with Gasteiger partial charge in [-0.1, -0.05) is 0 Å². The fourth-order valence-corrected chi connectivity index (χ4v) is 1.97. The molecule has 2 rings (SSSR count). The van der Waals surface area contributed by atoms with E-state index in [1.807, 2.05) is 6.92 Å². The zero-order valence-corrected chi connectivity index (χ0v) is 13.0. The van der Waals surface area contributed by atoms with E-state index < -0.39 is 6.10 Å². The van der Waals surface area contributed by atoms with Crippen molar-refractivity contribution in [3.8, 4) is 11.5 Å². The smallest absolute Gasteiger partial charge is 0.257 e. The van der Waals surface area contributed by atoms with E-state index in [1.165, 1.54) is 6.26 Å². The molecular weight excluding hydrogens is 298 g/mol. The van der Waals surface area contributed by atoms with Crippen LogP contribution in [-0.4, -0.2) is 30.8 Å². The van der Waals surface area contributed by atoms with Crippen LogP contribution in [0.2, 0.25) is 0 Å². The van der Waals surface area contributed by atoms with Gasteiger partial charge in [0.25, 0.3) is 5.91 Å². The molecule has 0 aliphatic carbocycles. The highest BCUT2D eigenvalue weighted by molar-refractivity contribution is 5.77. The van der Waals surface area contributed by atoms with Crippen LogP contribution < -0.4 is 14.8 Å². The summed E-state index contributed by atoms with van der Waals surface area (Å²) in [5, 5.41) is 12.5. The van der Waals surface area contributed by atoms with Crippen molar-refractivity contribution in [3.05, 3.63) is 48.4 Å². The molecule has 0 fully saturated rings. The first-order valence-electron chi connectivity index (χ1n) is 7.53. The fraction of sp³-hybridized carbons (Fsp3) is 0.353. The van der Waals surface area contributed by atoms with E-state index in [-0.39, 0.29) is 12.5 Å². The molecule has 0 saturated carbocycles. The lowest BCUT2D eigenvalue weighted by molar-refractivity contribution is -0.123. The van der Waals surface area contributed by atoms with Crippen molar-refractivity contribution >= 4 is 5.91 Å². The lowest BCUT2D eigenvalue weighted by atomic mass is 10.2. The van der Waals surface area contributed by atoms with Crippen LogP contribution in [0.1, 0.15) is 25.2 Å². The molecule has 6 heteroatoms. The Morgan fingerprint density at radius 1 is 1.22 bits per heavy atom. The van der Waals surface area contributed by atoms with Gasteiger partial charge in [0.2, 0.25) is 0 Å². The van der Waals surface area contributed by atoms with Gasteiger partial charge in [0, 0.05) is 6.54 Å². The Labute approximate surface area is 135 Å². The van der Waals surface area contributed by atoms with Gasteiger partial charge in [-0.2, -0.15) is 0 Å². The second kappa shape index (κ2) is 8.85. The van der Waals surface area contributed by atoms with E-state index in [0.29, 0.717) is 31.1 Å². The molecule has 0 spiro atoms. The third kappa shape index (κ3) is 5.67. The summed E-state index contributed by atoms with van der Waals surface area (Å²) in [6, 6.07) is 10.5. The first-order valence-corrected chi connectivity index (χ1v) is 7.53. The number of hydrogen-bond donors (Lipinski definition) is 2. The second-order valence-electron chi connectivity index (χ2n) is 4.86. The predicted molar refractivity (Wildman–Crippen MR) is 84.4 cm³/mol. The van der Waals surface area contributed by atoms with E-state index in [2.05, 4.69) is 5.32 Å². The molecule has 1 aromatic heterocycles.